The summed E-state index contributed by atoms with van der Waals surface area (Å²) in [6, 6.07) is 17.1. The molecule has 1 N–H and O–H groups in total. The van der Waals surface area contributed by atoms with Crippen molar-refractivity contribution in [1.29, 1.82) is 0 Å². The molecule has 0 radical (unpaired) electrons. The molecular formula is C21H22N4O2. The van der Waals surface area contributed by atoms with Crippen molar-refractivity contribution < 1.29 is 9.59 Å². The average molecular weight is 362 g/mol. The van der Waals surface area contributed by atoms with Gasteiger partial charge in [-0.2, -0.15) is 5.10 Å². The first-order valence-electron chi connectivity index (χ1n) is 8.71. The van der Waals surface area contributed by atoms with Crippen LogP contribution in [-0.4, -0.2) is 40.1 Å². The van der Waals surface area contributed by atoms with Crippen LogP contribution >= 0.6 is 0 Å². The average Bonchev–Trinajstić information content (AvgIpc) is 3.15. The van der Waals surface area contributed by atoms with Crippen LogP contribution in [0.1, 0.15) is 21.5 Å². The van der Waals surface area contributed by atoms with Crippen molar-refractivity contribution >= 4 is 11.8 Å². The SMILES string of the molecule is Cc1ccccc1C(=O)NCC(=O)N(C)Cc1cnn(-c2ccccc2)c1. The summed E-state index contributed by atoms with van der Waals surface area (Å²) < 4.78 is 1.77. The molecule has 0 saturated carbocycles. The van der Waals surface area contributed by atoms with Crippen molar-refractivity contribution in [3.63, 3.8) is 0 Å². The largest absolute Gasteiger partial charge is 0.343 e. The normalized spacial score (nSPS) is 10.4. The van der Waals surface area contributed by atoms with Crippen molar-refractivity contribution in [2.75, 3.05) is 13.6 Å². The number of aromatic nitrogens is 2. The Morgan fingerprint density at radius 1 is 1.07 bits per heavy atom. The van der Waals surface area contributed by atoms with Gasteiger partial charge < -0.3 is 10.2 Å². The van der Waals surface area contributed by atoms with Gasteiger partial charge in [-0.25, -0.2) is 4.68 Å². The maximum Gasteiger partial charge on any atom is 0.251 e. The highest BCUT2D eigenvalue weighted by molar-refractivity contribution is 5.97. The van der Waals surface area contributed by atoms with Gasteiger partial charge in [0.15, 0.2) is 0 Å². The zero-order chi connectivity index (χ0) is 19.2. The minimum absolute atomic E-state index is 0.0451. The molecule has 3 aromatic rings. The van der Waals surface area contributed by atoms with E-state index >= 15 is 0 Å². The minimum Gasteiger partial charge on any atom is -0.343 e. The molecule has 0 unspecified atom stereocenters. The molecule has 0 bridgehead atoms. The highest BCUT2D eigenvalue weighted by atomic mass is 16.2. The molecule has 0 aliphatic carbocycles. The molecule has 2 amide bonds. The highest BCUT2D eigenvalue weighted by Crippen LogP contribution is 2.09. The van der Waals surface area contributed by atoms with E-state index in [0.717, 1.165) is 16.8 Å². The van der Waals surface area contributed by atoms with Crippen LogP contribution in [0.15, 0.2) is 67.0 Å². The minimum atomic E-state index is -0.244. The molecule has 6 heteroatoms. The summed E-state index contributed by atoms with van der Waals surface area (Å²) in [4.78, 5) is 26.1. The number of benzene rings is 2. The smallest absolute Gasteiger partial charge is 0.251 e. The molecule has 1 aromatic heterocycles. The van der Waals surface area contributed by atoms with Crippen LogP contribution in [0.2, 0.25) is 0 Å². The third-order valence-corrected chi connectivity index (χ3v) is 4.29. The number of likely N-dealkylation sites (N-methyl/N-ethyl adjacent to an activating group) is 1. The van der Waals surface area contributed by atoms with Gasteiger partial charge in [-0.15, -0.1) is 0 Å². The molecule has 0 aliphatic rings. The molecule has 0 saturated heterocycles. The van der Waals surface area contributed by atoms with Gasteiger partial charge in [0.05, 0.1) is 18.4 Å². The lowest BCUT2D eigenvalue weighted by atomic mass is 10.1. The van der Waals surface area contributed by atoms with Crippen LogP contribution in [0.25, 0.3) is 5.69 Å². The quantitative estimate of drug-likeness (QED) is 0.733. The summed E-state index contributed by atoms with van der Waals surface area (Å²) in [7, 11) is 1.71. The number of hydrogen-bond donors (Lipinski definition) is 1. The van der Waals surface area contributed by atoms with Crippen LogP contribution in [-0.2, 0) is 11.3 Å². The predicted molar refractivity (Wildman–Crippen MR) is 104 cm³/mol. The predicted octanol–water partition coefficient (Wildman–Crippen LogP) is 2.57. The molecule has 1 heterocycles. The number of amides is 2. The van der Waals surface area contributed by atoms with E-state index in [2.05, 4.69) is 10.4 Å². The van der Waals surface area contributed by atoms with Crippen LogP contribution in [0.3, 0.4) is 0 Å². The fourth-order valence-corrected chi connectivity index (χ4v) is 2.74. The summed E-state index contributed by atoms with van der Waals surface area (Å²) in [5.41, 5.74) is 3.34. The van der Waals surface area contributed by atoms with Crippen molar-refractivity contribution in [1.82, 2.24) is 20.0 Å². The number of carbonyl (C=O) groups excluding carboxylic acids is 2. The monoisotopic (exact) mass is 362 g/mol. The second-order valence-electron chi connectivity index (χ2n) is 6.38. The number of nitrogens with zero attached hydrogens (tertiary/aromatic N) is 3. The lowest BCUT2D eigenvalue weighted by Gasteiger charge is -2.16. The molecule has 138 valence electrons. The number of carbonyl (C=O) groups is 2. The van der Waals surface area contributed by atoms with E-state index in [9.17, 15) is 9.59 Å². The van der Waals surface area contributed by atoms with Gasteiger partial charge >= 0.3 is 0 Å². The third-order valence-electron chi connectivity index (χ3n) is 4.29. The first-order valence-corrected chi connectivity index (χ1v) is 8.71. The van der Waals surface area contributed by atoms with Crippen molar-refractivity contribution in [2.24, 2.45) is 0 Å². The van der Waals surface area contributed by atoms with E-state index in [1.807, 2.05) is 55.6 Å². The van der Waals surface area contributed by atoms with Crippen LogP contribution in [0.5, 0.6) is 0 Å². The third kappa shape index (κ3) is 4.61. The van der Waals surface area contributed by atoms with Crippen LogP contribution in [0, 0.1) is 6.92 Å². The van der Waals surface area contributed by atoms with Crippen molar-refractivity contribution in [3.8, 4) is 5.69 Å². The molecule has 3 rings (SSSR count). The first kappa shape index (κ1) is 18.4. The van der Waals surface area contributed by atoms with E-state index in [4.69, 9.17) is 0 Å². The van der Waals surface area contributed by atoms with Gasteiger partial charge in [-0.05, 0) is 30.7 Å². The summed E-state index contributed by atoms with van der Waals surface area (Å²) in [5.74, 6) is -0.406. The second kappa shape index (κ2) is 8.31. The highest BCUT2D eigenvalue weighted by Gasteiger charge is 2.14. The Morgan fingerprint density at radius 2 is 1.78 bits per heavy atom. The lowest BCUT2D eigenvalue weighted by Crippen LogP contribution is -2.37. The summed E-state index contributed by atoms with van der Waals surface area (Å²) in [6.45, 7) is 2.25. The molecule has 0 aliphatic heterocycles. The van der Waals surface area contributed by atoms with E-state index in [1.54, 1.807) is 35.0 Å². The Balaban J connectivity index is 1.54. The molecule has 0 fully saturated rings. The topological polar surface area (TPSA) is 67.2 Å². The Bertz CT molecular complexity index is 934. The molecule has 0 spiro atoms. The summed E-state index contributed by atoms with van der Waals surface area (Å²) in [6.07, 6.45) is 3.63. The Kier molecular flexibility index (Phi) is 5.66. The fraction of sp³-hybridized carbons (Fsp3) is 0.190. The number of rotatable bonds is 6. The zero-order valence-electron chi connectivity index (χ0n) is 15.4. The Hall–Kier alpha value is -3.41. The van der Waals surface area contributed by atoms with E-state index < -0.39 is 0 Å². The number of nitrogens with one attached hydrogen (secondary N) is 1. The number of para-hydroxylation sites is 1. The van der Waals surface area contributed by atoms with Gasteiger partial charge in [-0.3, -0.25) is 9.59 Å². The molecule has 0 atom stereocenters. The van der Waals surface area contributed by atoms with Crippen LogP contribution < -0.4 is 5.32 Å². The Labute approximate surface area is 158 Å². The fourth-order valence-electron chi connectivity index (χ4n) is 2.74. The molecule has 27 heavy (non-hydrogen) atoms. The van der Waals surface area contributed by atoms with Gasteiger partial charge in [0.2, 0.25) is 5.91 Å². The van der Waals surface area contributed by atoms with Gasteiger partial charge in [-0.1, -0.05) is 36.4 Å². The van der Waals surface area contributed by atoms with Gasteiger partial charge in [0.25, 0.3) is 5.91 Å². The maximum atomic E-state index is 12.3. The van der Waals surface area contributed by atoms with E-state index in [0.29, 0.717) is 12.1 Å². The Morgan fingerprint density at radius 3 is 2.52 bits per heavy atom. The molecule has 2 aromatic carbocycles. The molecule has 6 nitrogen and oxygen atoms in total. The first-order chi connectivity index (χ1) is 13.0. The van der Waals surface area contributed by atoms with E-state index in [-0.39, 0.29) is 18.4 Å². The summed E-state index contributed by atoms with van der Waals surface area (Å²) >= 11 is 0. The van der Waals surface area contributed by atoms with Crippen LogP contribution in [0.4, 0.5) is 0 Å². The lowest BCUT2D eigenvalue weighted by molar-refractivity contribution is -0.129. The summed E-state index contributed by atoms with van der Waals surface area (Å²) in [5, 5.41) is 7.02. The van der Waals surface area contributed by atoms with Crippen molar-refractivity contribution in [3.05, 3.63) is 83.7 Å². The van der Waals surface area contributed by atoms with E-state index in [1.165, 1.54) is 0 Å². The van der Waals surface area contributed by atoms with Gasteiger partial charge in [0.1, 0.15) is 0 Å². The maximum absolute atomic E-state index is 12.3. The standard InChI is InChI=1S/C21H22N4O2/c1-16-8-6-7-11-19(16)21(27)22-13-20(26)24(2)14-17-12-23-25(15-17)18-9-4-3-5-10-18/h3-12,15H,13-14H2,1-2H3,(H,22,27). The second-order valence-corrected chi connectivity index (χ2v) is 6.38. The zero-order valence-corrected chi connectivity index (χ0v) is 15.4. The van der Waals surface area contributed by atoms with Gasteiger partial charge in [0, 0.05) is 30.9 Å². The number of hydrogen-bond acceptors (Lipinski definition) is 3. The van der Waals surface area contributed by atoms with Crippen molar-refractivity contribution in [2.45, 2.75) is 13.5 Å². The number of aryl methyl sites for hydroxylation is 1. The molecular weight excluding hydrogens is 340 g/mol.